The Morgan fingerprint density at radius 2 is 1.67 bits per heavy atom. The van der Waals surface area contributed by atoms with Crippen LogP contribution in [0, 0.1) is 26.2 Å². The number of fused-ring (bicyclic) bond motifs is 3. The molecule has 0 radical (unpaired) electrons. The molecule has 1 aliphatic rings. The smallest absolute Gasteiger partial charge is 0.407 e. The maximum absolute atomic E-state index is 12.4. The second kappa shape index (κ2) is 7.96. The van der Waals surface area contributed by atoms with Crippen LogP contribution in [0.4, 0.5) is 10.5 Å². The molecule has 0 aromatic heterocycles. The fraction of sp³-hybridized carbons (Fsp3) is 0.192. The van der Waals surface area contributed by atoms with Crippen molar-refractivity contribution < 1.29 is 9.53 Å². The van der Waals surface area contributed by atoms with Crippen molar-refractivity contribution in [2.45, 2.75) is 26.3 Å². The van der Waals surface area contributed by atoms with Gasteiger partial charge in [-0.15, -0.1) is 6.42 Å². The molecule has 150 valence electrons. The highest BCUT2D eigenvalue weighted by atomic mass is 16.5. The van der Waals surface area contributed by atoms with Gasteiger partial charge >= 0.3 is 6.09 Å². The predicted octanol–water partition coefficient (Wildman–Crippen LogP) is 4.91. The summed E-state index contributed by atoms with van der Waals surface area (Å²) < 4.78 is 5.59. The molecule has 0 saturated heterocycles. The molecular formula is C26H24N2O2. The number of hydrogen-bond acceptors (Lipinski definition) is 3. The van der Waals surface area contributed by atoms with Gasteiger partial charge in [0.2, 0.25) is 0 Å². The summed E-state index contributed by atoms with van der Waals surface area (Å²) in [6, 6.07) is 18.4. The first kappa shape index (κ1) is 19.6. The zero-order valence-corrected chi connectivity index (χ0v) is 17.2. The van der Waals surface area contributed by atoms with Crippen LogP contribution in [0.25, 0.3) is 11.1 Å². The quantitative estimate of drug-likeness (QED) is 0.487. The summed E-state index contributed by atoms with van der Waals surface area (Å²) in [6.45, 7) is 4.43. The molecule has 30 heavy (non-hydrogen) atoms. The van der Waals surface area contributed by atoms with E-state index in [2.05, 4.69) is 35.5 Å². The maximum atomic E-state index is 12.4. The van der Waals surface area contributed by atoms with Crippen LogP contribution in [-0.4, -0.2) is 12.7 Å². The number of rotatable bonds is 4. The van der Waals surface area contributed by atoms with E-state index >= 15 is 0 Å². The van der Waals surface area contributed by atoms with Crippen LogP contribution in [-0.2, 0) is 11.3 Å². The van der Waals surface area contributed by atoms with Crippen molar-refractivity contribution in [1.29, 1.82) is 0 Å². The van der Waals surface area contributed by atoms with Gasteiger partial charge in [0.05, 0.1) is 0 Å². The highest BCUT2D eigenvalue weighted by molar-refractivity contribution is 5.79. The summed E-state index contributed by atoms with van der Waals surface area (Å²) in [5, 5.41) is 2.82. The number of amides is 1. The molecule has 0 unspecified atom stereocenters. The molecule has 0 fully saturated rings. The third kappa shape index (κ3) is 3.40. The number of terminal acetylenes is 1. The first-order chi connectivity index (χ1) is 14.5. The van der Waals surface area contributed by atoms with Crippen LogP contribution in [0.15, 0.2) is 54.6 Å². The van der Waals surface area contributed by atoms with Crippen molar-refractivity contribution >= 4 is 11.8 Å². The normalized spacial score (nSPS) is 12.0. The van der Waals surface area contributed by atoms with Gasteiger partial charge in [0, 0.05) is 23.7 Å². The fourth-order valence-corrected chi connectivity index (χ4v) is 4.21. The van der Waals surface area contributed by atoms with E-state index in [1.165, 1.54) is 22.3 Å². The van der Waals surface area contributed by atoms with Crippen LogP contribution >= 0.6 is 0 Å². The van der Waals surface area contributed by atoms with E-state index < -0.39 is 6.09 Å². The lowest BCUT2D eigenvalue weighted by atomic mass is 9.96. The van der Waals surface area contributed by atoms with E-state index in [-0.39, 0.29) is 12.5 Å². The molecule has 0 atom stereocenters. The SMILES string of the molecule is C#Cc1c(C)c(N)cc(CNC(=O)OCC2c3ccccc3-c3ccccc32)c1C. The maximum Gasteiger partial charge on any atom is 0.407 e. The van der Waals surface area contributed by atoms with Gasteiger partial charge < -0.3 is 15.8 Å². The molecule has 0 heterocycles. The Hall–Kier alpha value is -3.71. The zero-order chi connectivity index (χ0) is 21.3. The van der Waals surface area contributed by atoms with Gasteiger partial charge in [-0.2, -0.15) is 0 Å². The average molecular weight is 396 g/mol. The third-order valence-corrected chi connectivity index (χ3v) is 5.91. The Kier molecular flexibility index (Phi) is 5.20. The van der Waals surface area contributed by atoms with Gasteiger partial charge in [0.15, 0.2) is 0 Å². The number of anilines is 1. The number of hydrogen-bond donors (Lipinski definition) is 2. The predicted molar refractivity (Wildman–Crippen MR) is 120 cm³/mol. The van der Waals surface area contributed by atoms with E-state index in [0.717, 1.165) is 22.3 Å². The van der Waals surface area contributed by atoms with Crippen molar-refractivity contribution in [3.8, 4) is 23.5 Å². The zero-order valence-electron chi connectivity index (χ0n) is 17.2. The number of benzene rings is 3. The van der Waals surface area contributed by atoms with Gasteiger partial charge in [-0.1, -0.05) is 54.5 Å². The van der Waals surface area contributed by atoms with Crippen molar-refractivity contribution in [2.24, 2.45) is 0 Å². The Labute approximate surface area is 177 Å². The minimum absolute atomic E-state index is 0.0351. The number of carbonyl (C=O) groups excluding carboxylic acids is 1. The molecule has 3 aromatic rings. The second-order valence-corrected chi connectivity index (χ2v) is 7.57. The summed E-state index contributed by atoms with van der Waals surface area (Å²) in [5.41, 5.74) is 15.0. The number of nitrogens with two attached hydrogens (primary N) is 1. The van der Waals surface area contributed by atoms with Crippen LogP contribution < -0.4 is 11.1 Å². The Balaban J connectivity index is 1.44. The van der Waals surface area contributed by atoms with Crippen LogP contribution in [0.1, 0.15) is 39.3 Å². The Morgan fingerprint density at radius 1 is 1.07 bits per heavy atom. The minimum atomic E-state index is -0.460. The summed E-state index contributed by atoms with van der Waals surface area (Å²) in [5.74, 6) is 2.72. The number of alkyl carbamates (subject to hydrolysis) is 1. The lowest BCUT2D eigenvalue weighted by molar-refractivity contribution is 0.142. The number of nitrogen functional groups attached to an aromatic ring is 1. The summed E-state index contributed by atoms with van der Waals surface area (Å²) >= 11 is 0. The Morgan fingerprint density at radius 3 is 2.27 bits per heavy atom. The van der Waals surface area contributed by atoms with Crippen LogP contribution in [0.2, 0.25) is 0 Å². The molecule has 3 N–H and O–H groups in total. The third-order valence-electron chi connectivity index (χ3n) is 5.91. The van der Waals surface area contributed by atoms with Crippen LogP contribution in [0.5, 0.6) is 0 Å². The van der Waals surface area contributed by atoms with Crippen molar-refractivity contribution in [3.05, 3.63) is 88.0 Å². The van der Waals surface area contributed by atoms with Gasteiger partial charge in [0.25, 0.3) is 0 Å². The van der Waals surface area contributed by atoms with E-state index in [0.29, 0.717) is 12.2 Å². The summed E-state index contributed by atoms with van der Waals surface area (Å²) in [6.07, 6.45) is 5.16. The second-order valence-electron chi connectivity index (χ2n) is 7.57. The van der Waals surface area contributed by atoms with Crippen molar-refractivity contribution in [1.82, 2.24) is 5.32 Å². The molecule has 0 spiro atoms. The molecule has 4 rings (SSSR count). The minimum Gasteiger partial charge on any atom is -0.449 e. The van der Waals surface area contributed by atoms with Crippen molar-refractivity contribution in [3.63, 3.8) is 0 Å². The van der Waals surface area contributed by atoms with E-state index in [4.69, 9.17) is 16.9 Å². The molecule has 1 aliphatic carbocycles. The van der Waals surface area contributed by atoms with E-state index in [1.807, 2.05) is 44.2 Å². The number of nitrogens with one attached hydrogen (secondary N) is 1. The van der Waals surface area contributed by atoms with E-state index in [1.54, 1.807) is 0 Å². The summed E-state index contributed by atoms with van der Waals surface area (Å²) in [4.78, 5) is 12.4. The van der Waals surface area contributed by atoms with E-state index in [9.17, 15) is 4.79 Å². The number of ether oxygens (including phenoxy) is 1. The molecule has 4 heteroatoms. The van der Waals surface area contributed by atoms with Crippen molar-refractivity contribution in [2.75, 3.05) is 12.3 Å². The topological polar surface area (TPSA) is 64.3 Å². The molecule has 0 bridgehead atoms. The molecule has 3 aromatic carbocycles. The molecule has 4 nitrogen and oxygen atoms in total. The highest BCUT2D eigenvalue weighted by Gasteiger charge is 2.29. The molecule has 1 amide bonds. The van der Waals surface area contributed by atoms with Gasteiger partial charge in [-0.25, -0.2) is 4.79 Å². The lowest BCUT2D eigenvalue weighted by Crippen LogP contribution is -2.26. The highest BCUT2D eigenvalue weighted by Crippen LogP contribution is 2.44. The van der Waals surface area contributed by atoms with Gasteiger partial charge in [-0.3, -0.25) is 0 Å². The fourth-order valence-electron chi connectivity index (χ4n) is 4.21. The average Bonchev–Trinajstić information content (AvgIpc) is 3.08. The first-order valence-electron chi connectivity index (χ1n) is 9.95. The largest absolute Gasteiger partial charge is 0.449 e. The monoisotopic (exact) mass is 396 g/mol. The lowest BCUT2D eigenvalue weighted by Gasteiger charge is -2.16. The van der Waals surface area contributed by atoms with Gasteiger partial charge in [0.1, 0.15) is 6.61 Å². The molecule has 0 aliphatic heterocycles. The molecular weight excluding hydrogens is 372 g/mol. The number of carbonyl (C=O) groups is 1. The van der Waals surface area contributed by atoms with Crippen LogP contribution in [0.3, 0.4) is 0 Å². The summed E-state index contributed by atoms with van der Waals surface area (Å²) in [7, 11) is 0. The standard InChI is InChI=1S/C26H24N2O2/c1-4-19-16(2)18(13-25(27)17(19)3)14-28-26(29)30-15-24-22-11-7-5-9-20(22)21-10-6-8-12-23(21)24/h1,5-13,24H,14-15,27H2,2-3H3,(H,28,29). The first-order valence-corrected chi connectivity index (χ1v) is 9.95. The molecule has 0 saturated carbocycles. The Bertz CT molecular complexity index is 1130. The van der Waals surface area contributed by atoms with Gasteiger partial charge in [-0.05, 0) is 58.9 Å².